The van der Waals surface area contributed by atoms with Crippen LogP contribution in [0.25, 0.3) is 22.4 Å². The number of aromatic nitrogens is 1. The molecular weight excluding hydrogens is 957 g/mol. The van der Waals surface area contributed by atoms with Crippen molar-refractivity contribution in [2.24, 2.45) is 0 Å². The van der Waals surface area contributed by atoms with Gasteiger partial charge < -0.3 is 0 Å². The van der Waals surface area contributed by atoms with Crippen molar-refractivity contribution in [3.8, 4) is 22.4 Å². The minimum Gasteiger partial charge on any atom is -0.207 e. The predicted octanol–water partition coefficient (Wildman–Crippen LogP) is 10.6. The largest absolute Gasteiger partial charge is 0.212 e. The molecule has 6 aromatic rings. The van der Waals surface area contributed by atoms with Gasteiger partial charge in [-0.2, -0.15) is 4.57 Å². The molecule has 0 N–H and O–H groups in total. The Labute approximate surface area is 368 Å². The molecule has 1 nitrogen and oxygen atoms in total. The second kappa shape index (κ2) is 18.4. The molecule has 0 fully saturated rings. The summed E-state index contributed by atoms with van der Waals surface area (Å²) in [5.41, 5.74) is -7.95. The highest BCUT2D eigenvalue weighted by atomic mass is 19.2. The molecule has 0 bridgehead atoms. The maximum absolute atomic E-state index is 15.4. The smallest absolute Gasteiger partial charge is 0.207 e. The standard InChI is InChI=1S/C24BF20.C22H18N/c26-5-1(6(27)14(35)21(42)13(5)34)25(2-7(28)15(36)22(43)16(37)8(2)29,3-9(30)17(38)23(44)18(39)10(3)31)4-11(32)19(40)24(45)20(41)12(4)33;1-3-9-18(10-4-1)17-23-14-8-7-13-22(23)21-15-19-11-5-2-6-12-20(19)16-21/h;1-16H,17H2/q-1;+1. The highest BCUT2D eigenvalue weighted by molar-refractivity contribution is 7.20. The number of pyridine rings is 1. The van der Waals surface area contributed by atoms with Gasteiger partial charge in [0.25, 0.3) is 0 Å². The maximum Gasteiger partial charge on any atom is 0.212 e. The molecule has 2 aliphatic carbocycles. The van der Waals surface area contributed by atoms with E-state index in [2.05, 4.69) is 102 Å². The van der Waals surface area contributed by atoms with E-state index < -0.39 is 144 Å². The van der Waals surface area contributed by atoms with E-state index in [0.717, 1.165) is 6.54 Å². The first kappa shape index (κ1) is 48.5. The summed E-state index contributed by atoms with van der Waals surface area (Å²) in [4.78, 5) is 0. The van der Waals surface area contributed by atoms with Crippen LogP contribution in [0.15, 0.2) is 97.2 Å². The van der Waals surface area contributed by atoms with Gasteiger partial charge in [-0.05, 0) is 29.3 Å². The summed E-state index contributed by atoms with van der Waals surface area (Å²) in [5, 5.41) is 0. The van der Waals surface area contributed by atoms with Crippen molar-refractivity contribution >= 4 is 28.0 Å². The molecule has 0 atom stereocenters. The number of benzene rings is 5. The zero-order valence-electron chi connectivity index (χ0n) is 33.0. The molecule has 5 aromatic carbocycles. The fraction of sp³-hybridized carbons (Fsp3) is 0.0217. The number of nitrogens with zero attached hydrogens (tertiary/aromatic N) is 1. The lowest BCUT2D eigenvalue weighted by molar-refractivity contribution is -0.677. The highest BCUT2D eigenvalue weighted by Gasteiger charge is 2.52. The summed E-state index contributed by atoms with van der Waals surface area (Å²) in [6.45, 7) is 0.881. The third-order valence-corrected chi connectivity index (χ3v) is 10.9. The first-order valence-electron chi connectivity index (χ1n) is 18.9. The fourth-order valence-corrected chi connectivity index (χ4v) is 7.89. The third kappa shape index (κ3) is 7.64. The van der Waals surface area contributed by atoms with E-state index in [0.29, 0.717) is 0 Å². The Morgan fingerprint density at radius 1 is 0.279 bits per heavy atom. The van der Waals surface area contributed by atoms with E-state index in [1.165, 1.54) is 27.9 Å². The third-order valence-electron chi connectivity index (χ3n) is 10.9. The van der Waals surface area contributed by atoms with Gasteiger partial charge in [0, 0.05) is 23.3 Å². The van der Waals surface area contributed by atoms with Crippen molar-refractivity contribution in [2.75, 3.05) is 0 Å². The van der Waals surface area contributed by atoms with Crippen LogP contribution in [0.3, 0.4) is 0 Å². The van der Waals surface area contributed by atoms with Gasteiger partial charge in [0.05, 0.1) is 0 Å². The predicted molar refractivity (Wildman–Crippen MR) is 203 cm³/mol. The molecule has 350 valence electrons. The molecule has 0 aliphatic heterocycles. The van der Waals surface area contributed by atoms with Crippen LogP contribution in [0.1, 0.15) is 5.56 Å². The Balaban J connectivity index is 0.000000246. The molecule has 68 heavy (non-hydrogen) atoms. The number of hydrogen-bond donors (Lipinski definition) is 0. The molecule has 8 rings (SSSR count). The molecule has 0 radical (unpaired) electrons. The SMILES string of the molecule is Fc1c(F)c(F)c([B-](c2c(F)c(F)c(F)c(F)c2F)(c2c(F)c(F)c(F)c(F)c2F)c2c(F)c(F)c(F)c(F)c2F)c(F)c1F.c1ccc(C[n+]2ccccc2-c2cc3cccccc-3c2)cc1. The average Bonchev–Trinajstić information content (AvgIpc) is 3.61. The van der Waals surface area contributed by atoms with Crippen molar-refractivity contribution in [1.82, 2.24) is 0 Å². The van der Waals surface area contributed by atoms with Gasteiger partial charge in [-0.15, -0.1) is 21.9 Å². The Kier molecular flexibility index (Phi) is 13.1. The summed E-state index contributed by atoms with van der Waals surface area (Å²) < 4.78 is 296. The van der Waals surface area contributed by atoms with Crippen molar-refractivity contribution in [3.05, 3.63) is 219 Å². The molecule has 1 heterocycles. The summed E-state index contributed by atoms with van der Waals surface area (Å²) in [5.74, 6) is -71.4. The Hall–Kier alpha value is -7.39. The number of halogens is 20. The van der Waals surface area contributed by atoms with E-state index in [1.54, 1.807) is 0 Å². The van der Waals surface area contributed by atoms with E-state index >= 15 is 35.1 Å². The van der Waals surface area contributed by atoms with Crippen LogP contribution >= 0.6 is 0 Å². The van der Waals surface area contributed by atoms with E-state index in [1.807, 2.05) is 0 Å². The maximum atomic E-state index is 15.4. The molecule has 0 saturated heterocycles. The molecule has 2 aliphatic rings. The number of fused-ring (bicyclic) bond motifs is 1. The van der Waals surface area contributed by atoms with Crippen molar-refractivity contribution < 1.29 is 92.4 Å². The van der Waals surface area contributed by atoms with Gasteiger partial charge in [0.15, 0.2) is 82.5 Å². The number of hydrogen-bond acceptors (Lipinski definition) is 0. The van der Waals surface area contributed by atoms with Crippen LogP contribution in [-0.4, -0.2) is 6.15 Å². The molecule has 22 heteroatoms. The second-order valence-corrected chi connectivity index (χ2v) is 14.6. The highest BCUT2D eigenvalue weighted by Crippen LogP contribution is 2.32. The molecule has 0 spiro atoms. The fourth-order valence-electron chi connectivity index (χ4n) is 7.89. The van der Waals surface area contributed by atoms with Crippen molar-refractivity contribution in [3.63, 3.8) is 0 Å². The van der Waals surface area contributed by atoms with Crippen LogP contribution in [0.2, 0.25) is 0 Å². The molecule has 0 unspecified atom stereocenters. The first-order valence-corrected chi connectivity index (χ1v) is 18.9. The molecule has 0 saturated carbocycles. The summed E-state index contributed by atoms with van der Waals surface area (Å²) in [6.07, 6.45) is -5.06. The molecular formula is C46H18BF20N. The van der Waals surface area contributed by atoms with Gasteiger partial charge in [0.1, 0.15) is 52.7 Å². The van der Waals surface area contributed by atoms with Crippen molar-refractivity contribution in [1.29, 1.82) is 0 Å². The van der Waals surface area contributed by atoms with Crippen LogP contribution in [0.5, 0.6) is 0 Å². The lowest BCUT2D eigenvalue weighted by Crippen LogP contribution is -2.81. The van der Waals surface area contributed by atoms with Crippen LogP contribution in [-0.2, 0) is 6.54 Å². The topological polar surface area (TPSA) is 3.88 Å². The minimum atomic E-state index is -7.22. The van der Waals surface area contributed by atoms with Crippen LogP contribution in [0, 0.1) is 116 Å². The lowest BCUT2D eigenvalue weighted by Gasteiger charge is -2.44. The Bertz CT molecular complexity index is 2860. The number of rotatable bonds is 7. The van der Waals surface area contributed by atoms with Gasteiger partial charge in [-0.1, -0.05) is 60.7 Å². The summed E-state index contributed by atoms with van der Waals surface area (Å²) >= 11 is 0. The monoisotopic (exact) mass is 975 g/mol. The van der Waals surface area contributed by atoms with E-state index in [-0.39, 0.29) is 0 Å². The minimum absolute atomic E-state index is 0.881. The van der Waals surface area contributed by atoms with Gasteiger partial charge >= 0.3 is 0 Å². The Morgan fingerprint density at radius 2 is 0.544 bits per heavy atom. The van der Waals surface area contributed by atoms with Gasteiger partial charge in [0.2, 0.25) is 5.69 Å². The van der Waals surface area contributed by atoms with Gasteiger partial charge in [-0.3, -0.25) is 0 Å². The molecule has 0 amide bonds. The van der Waals surface area contributed by atoms with Crippen molar-refractivity contribution in [2.45, 2.75) is 6.54 Å². The van der Waals surface area contributed by atoms with Gasteiger partial charge in [-0.25, -0.2) is 87.8 Å². The molecule has 1 aromatic heterocycles. The van der Waals surface area contributed by atoms with Crippen LogP contribution < -0.4 is 26.4 Å². The lowest BCUT2D eigenvalue weighted by atomic mass is 9.12. The first-order chi connectivity index (χ1) is 32.1. The quantitative estimate of drug-likeness (QED) is 0.0493. The summed E-state index contributed by atoms with van der Waals surface area (Å²) in [6, 6.07) is 32.1. The Morgan fingerprint density at radius 3 is 0.853 bits per heavy atom. The average molecular weight is 975 g/mol. The normalized spacial score (nSPS) is 11.6. The second-order valence-electron chi connectivity index (χ2n) is 14.6. The van der Waals surface area contributed by atoms with Crippen LogP contribution in [0.4, 0.5) is 87.8 Å². The summed E-state index contributed by atoms with van der Waals surface area (Å²) in [7, 11) is 0. The van der Waals surface area contributed by atoms with E-state index in [4.69, 9.17) is 0 Å². The zero-order chi connectivity index (χ0) is 49.8. The zero-order valence-corrected chi connectivity index (χ0v) is 33.0. The van der Waals surface area contributed by atoms with E-state index in [9.17, 15) is 52.7 Å².